The van der Waals surface area contributed by atoms with Gasteiger partial charge in [0.25, 0.3) is 5.91 Å². The van der Waals surface area contributed by atoms with Gasteiger partial charge in [-0.25, -0.2) is 0 Å². The number of carbonyl (C=O) groups excluding carboxylic acids is 1. The van der Waals surface area contributed by atoms with E-state index in [2.05, 4.69) is 4.98 Å². The molecule has 2 aromatic rings. The number of aromatic nitrogens is 1. The quantitative estimate of drug-likeness (QED) is 0.918. The number of amides is 1. The van der Waals surface area contributed by atoms with E-state index in [-0.39, 0.29) is 17.2 Å². The van der Waals surface area contributed by atoms with Gasteiger partial charge in [0.15, 0.2) is 0 Å². The van der Waals surface area contributed by atoms with E-state index >= 15 is 0 Å². The fourth-order valence-corrected chi connectivity index (χ4v) is 1.88. The van der Waals surface area contributed by atoms with Crippen molar-refractivity contribution in [1.29, 1.82) is 0 Å². The Morgan fingerprint density at radius 1 is 1.26 bits per heavy atom. The van der Waals surface area contributed by atoms with Crippen LogP contribution in [0.1, 0.15) is 22.8 Å². The molecule has 0 spiro atoms. The maximum absolute atomic E-state index is 12.4. The minimum absolute atomic E-state index is 0.0990. The molecule has 2 rings (SSSR count). The molecule has 1 amide bonds. The highest BCUT2D eigenvalue weighted by atomic mass is 16.3. The Morgan fingerprint density at radius 3 is 2.53 bits per heavy atom. The van der Waals surface area contributed by atoms with E-state index in [1.807, 2.05) is 38.1 Å². The molecule has 0 aliphatic carbocycles. The summed E-state index contributed by atoms with van der Waals surface area (Å²) in [6.45, 7) is 4.43. The molecular formula is C15H16N2O2. The lowest BCUT2D eigenvalue weighted by Crippen LogP contribution is -2.30. The van der Waals surface area contributed by atoms with Crippen LogP contribution in [-0.2, 0) is 0 Å². The molecule has 0 atom stereocenters. The summed E-state index contributed by atoms with van der Waals surface area (Å²) in [5.74, 6) is -0.329. The molecular weight excluding hydrogens is 240 g/mol. The SMILES string of the molecule is CCN(C(=O)c1ccncc1O)c1ccc(C)cc1. The van der Waals surface area contributed by atoms with Crippen LogP contribution in [0.15, 0.2) is 42.7 Å². The van der Waals surface area contributed by atoms with Crippen molar-refractivity contribution in [3.8, 4) is 5.75 Å². The predicted octanol–water partition coefficient (Wildman–Crippen LogP) is 2.76. The zero-order valence-electron chi connectivity index (χ0n) is 11.0. The van der Waals surface area contributed by atoms with Crippen LogP contribution in [0.2, 0.25) is 0 Å². The van der Waals surface area contributed by atoms with Crippen molar-refractivity contribution in [1.82, 2.24) is 4.98 Å². The van der Waals surface area contributed by atoms with Crippen molar-refractivity contribution in [2.24, 2.45) is 0 Å². The molecule has 0 saturated carbocycles. The second kappa shape index (κ2) is 5.52. The normalized spacial score (nSPS) is 10.2. The summed E-state index contributed by atoms with van der Waals surface area (Å²) in [6.07, 6.45) is 2.77. The summed E-state index contributed by atoms with van der Waals surface area (Å²) in [5.41, 5.74) is 2.21. The lowest BCUT2D eigenvalue weighted by atomic mass is 10.1. The molecule has 0 unspecified atom stereocenters. The van der Waals surface area contributed by atoms with Gasteiger partial charge in [-0.1, -0.05) is 17.7 Å². The number of anilines is 1. The lowest BCUT2D eigenvalue weighted by molar-refractivity contribution is 0.0985. The van der Waals surface area contributed by atoms with Crippen molar-refractivity contribution >= 4 is 11.6 Å². The Balaban J connectivity index is 2.35. The van der Waals surface area contributed by atoms with Crippen LogP contribution in [0.25, 0.3) is 0 Å². The van der Waals surface area contributed by atoms with Crippen LogP contribution in [0, 0.1) is 6.92 Å². The topological polar surface area (TPSA) is 53.4 Å². The summed E-state index contributed by atoms with van der Waals surface area (Å²) in [4.78, 5) is 17.8. The summed E-state index contributed by atoms with van der Waals surface area (Å²) < 4.78 is 0. The maximum atomic E-state index is 12.4. The first-order valence-corrected chi connectivity index (χ1v) is 6.15. The molecule has 1 heterocycles. The van der Waals surface area contributed by atoms with Gasteiger partial charge in [-0.15, -0.1) is 0 Å². The zero-order chi connectivity index (χ0) is 13.8. The van der Waals surface area contributed by atoms with Gasteiger partial charge in [-0.3, -0.25) is 9.78 Å². The first-order valence-electron chi connectivity index (χ1n) is 6.15. The molecule has 19 heavy (non-hydrogen) atoms. The minimum Gasteiger partial charge on any atom is -0.505 e. The Hall–Kier alpha value is -2.36. The highest BCUT2D eigenvalue weighted by molar-refractivity contribution is 6.07. The summed E-state index contributed by atoms with van der Waals surface area (Å²) in [7, 11) is 0. The summed E-state index contributed by atoms with van der Waals surface area (Å²) in [5, 5.41) is 9.71. The molecule has 0 aliphatic rings. The first-order chi connectivity index (χ1) is 9.13. The predicted molar refractivity (Wildman–Crippen MR) is 74.4 cm³/mol. The molecule has 0 bridgehead atoms. The van der Waals surface area contributed by atoms with Crippen molar-refractivity contribution in [3.63, 3.8) is 0 Å². The number of aryl methyl sites for hydroxylation is 1. The van der Waals surface area contributed by atoms with E-state index in [1.54, 1.807) is 4.90 Å². The monoisotopic (exact) mass is 256 g/mol. The molecule has 4 nitrogen and oxygen atoms in total. The largest absolute Gasteiger partial charge is 0.505 e. The van der Waals surface area contributed by atoms with E-state index in [4.69, 9.17) is 0 Å². The van der Waals surface area contributed by atoms with Gasteiger partial charge in [-0.2, -0.15) is 0 Å². The fraction of sp³-hybridized carbons (Fsp3) is 0.200. The van der Waals surface area contributed by atoms with Crippen LogP contribution in [-0.4, -0.2) is 22.5 Å². The van der Waals surface area contributed by atoms with Crippen molar-refractivity contribution < 1.29 is 9.90 Å². The highest BCUT2D eigenvalue weighted by Crippen LogP contribution is 2.21. The van der Waals surface area contributed by atoms with Crippen LogP contribution in [0.4, 0.5) is 5.69 Å². The molecule has 0 radical (unpaired) electrons. The number of hydrogen-bond donors (Lipinski definition) is 1. The first kappa shape index (κ1) is 13.1. The van der Waals surface area contributed by atoms with E-state index in [0.717, 1.165) is 11.3 Å². The van der Waals surface area contributed by atoms with Gasteiger partial charge in [0.05, 0.1) is 11.8 Å². The van der Waals surface area contributed by atoms with Crippen LogP contribution < -0.4 is 4.90 Å². The van der Waals surface area contributed by atoms with Crippen LogP contribution in [0.5, 0.6) is 5.75 Å². The minimum atomic E-state index is -0.230. The third-order valence-corrected chi connectivity index (χ3v) is 2.94. The smallest absolute Gasteiger partial charge is 0.262 e. The molecule has 1 aromatic heterocycles. The number of carbonyl (C=O) groups is 1. The number of nitrogens with zero attached hydrogens (tertiary/aromatic N) is 2. The maximum Gasteiger partial charge on any atom is 0.262 e. The number of pyridine rings is 1. The van der Waals surface area contributed by atoms with Gasteiger partial charge in [-0.05, 0) is 32.0 Å². The Kier molecular flexibility index (Phi) is 3.80. The van der Waals surface area contributed by atoms with Crippen molar-refractivity contribution in [2.45, 2.75) is 13.8 Å². The molecule has 4 heteroatoms. The van der Waals surface area contributed by atoms with Gasteiger partial charge in [0.2, 0.25) is 0 Å². The number of rotatable bonds is 3. The molecule has 0 saturated heterocycles. The van der Waals surface area contributed by atoms with E-state index in [9.17, 15) is 9.90 Å². The summed E-state index contributed by atoms with van der Waals surface area (Å²) in [6, 6.07) is 9.23. The second-order valence-corrected chi connectivity index (χ2v) is 4.28. The Labute approximate surface area is 112 Å². The van der Waals surface area contributed by atoms with Gasteiger partial charge < -0.3 is 10.0 Å². The molecule has 98 valence electrons. The van der Waals surface area contributed by atoms with E-state index < -0.39 is 0 Å². The summed E-state index contributed by atoms with van der Waals surface area (Å²) >= 11 is 0. The standard InChI is InChI=1S/C15H16N2O2/c1-3-17(12-6-4-11(2)5-7-12)15(19)13-8-9-16-10-14(13)18/h4-10,18H,3H2,1-2H3. The van der Waals surface area contributed by atoms with Gasteiger partial charge in [0.1, 0.15) is 5.75 Å². The average Bonchev–Trinajstić information content (AvgIpc) is 2.42. The Morgan fingerprint density at radius 2 is 1.95 bits per heavy atom. The third kappa shape index (κ3) is 2.73. The fourth-order valence-electron chi connectivity index (χ4n) is 1.88. The van der Waals surface area contributed by atoms with Crippen molar-refractivity contribution in [3.05, 3.63) is 53.9 Å². The Bertz CT molecular complexity index is 579. The molecule has 0 aliphatic heterocycles. The molecule has 1 aromatic carbocycles. The van der Waals surface area contributed by atoms with E-state index in [1.165, 1.54) is 18.5 Å². The van der Waals surface area contributed by atoms with Crippen molar-refractivity contribution in [2.75, 3.05) is 11.4 Å². The number of hydrogen-bond acceptors (Lipinski definition) is 3. The third-order valence-electron chi connectivity index (χ3n) is 2.94. The molecule has 0 fully saturated rings. The van der Waals surface area contributed by atoms with Gasteiger partial charge in [0, 0.05) is 18.4 Å². The number of aromatic hydroxyl groups is 1. The zero-order valence-corrected chi connectivity index (χ0v) is 11.0. The lowest BCUT2D eigenvalue weighted by Gasteiger charge is -2.21. The second-order valence-electron chi connectivity index (χ2n) is 4.28. The van der Waals surface area contributed by atoms with Crippen LogP contribution >= 0.6 is 0 Å². The van der Waals surface area contributed by atoms with Gasteiger partial charge >= 0.3 is 0 Å². The number of benzene rings is 1. The molecule has 1 N–H and O–H groups in total. The van der Waals surface area contributed by atoms with Crippen LogP contribution in [0.3, 0.4) is 0 Å². The van der Waals surface area contributed by atoms with E-state index in [0.29, 0.717) is 6.54 Å². The highest BCUT2D eigenvalue weighted by Gasteiger charge is 2.18. The average molecular weight is 256 g/mol.